The molecule has 0 spiro atoms. The van der Waals surface area contributed by atoms with Gasteiger partial charge in [0.15, 0.2) is 5.75 Å². The number of aromatic carboxylic acids is 1. The second-order valence-corrected chi connectivity index (χ2v) is 6.60. The summed E-state index contributed by atoms with van der Waals surface area (Å²) in [5, 5.41) is 20.4. The number of rotatable bonds is 10. The third kappa shape index (κ3) is 5.81. The molecule has 0 aliphatic rings. The molecule has 0 aromatic heterocycles. The van der Waals surface area contributed by atoms with E-state index in [0.29, 0.717) is 11.1 Å². The topological polar surface area (TPSA) is 89.7 Å². The third-order valence-electron chi connectivity index (χ3n) is 4.41. The average molecular weight is 371 g/mol. The SMILES string of the molecule is CCCCCCC(C)Oc1ccc(-c2ccc(C(=O)O)cc2)cc1[N+](=O)[O-]. The molecule has 144 valence electrons. The largest absolute Gasteiger partial charge is 0.484 e. The molecule has 0 radical (unpaired) electrons. The van der Waals surface area contributed by atoms with Crippen molar-refractivity contribution in [2.45, 2.75) is 52.1 Å². The molecule has 2 rings (SSSR count). The van der Waals surface area contributed by atoms with Gasteiger partial charge in [0.25, 0.3) is 0 Å². The number of unbranched alkanes of at least 4 members (excludes halogenated alkanes) is 3. The Morgan fingerprint density at radius 2 is 1.78 bits per heavy atom. The molecule has 6 nitrogen and oxygen atoms in total. The van der Waals surface area contributed by atoms with Crippen LogP contribution in [0.25, 0.3) is 11.1 Å². The number of benzene rings is 2. The fourth-order valence-electron chi connectivity index (χ4n) is 2.88. The Bertz CT molecular complexity index is 786. The monoisotopic (exact) mass is 371 g/mol. The number of carboxylic acid groups (broad SMARTS) is 1. The second-order valence-electron chi connectivity index (χ2n) is 6.60. The lowest BCUT2D eigenvalue weighted by molar-refractivity contribution is -0.386. The van der Waals surface area contributed by atoms with Crippen LogP contribution in [0, 0.1) is 10.1 Å². The van der Waals surface area contributed by atoms with E-state index in [-0.39, 0.29) is 23.1 Å². The minimum atomic E-state index is -1.01. The number of carbonyl (C=O) groups is 1. The lowest BCUT2D eigenvalue weighted by Gasteiger charge is -2.15. The zero-order valence-corrected chi connectivity index (χ0v) is 15.7. The van der Waals surface area contributed by atoms with Crippen LogP contribution in [-0.2, 0) is 0 Å². The molecule has 27 heavy (non-hydrogen) atoms. The normalized spacial score (nSPS) is 11.8. The molecule has 0 aliphatic heterocycles. The van der Waals surface area contributed by atoms with Crippen LogP contribution in [0.4, 0.5) is 5.69 Å². The lowest BCUT2D eigenvalue weighted by Crippen LogP contribution is -2.12. The highest BCUT2D eigenvalue weighted by atomic mass is 16.6. The molecule has 1 unspecified atom stereocenters. The summed E-state index contributed by atoms with van der Waals surface area (Å²) in [6, 6.07) is 11.1. The molecule has 2 aromatic rings. The van der Waals surface area contributed by atoms with Crippen molar-refractivity contribution >= 4 is 11.7 Å². The summed E-state index contributed by atoms with van der Waals surface area (Å²) >= 11 is 0. The van der Waals surface area contributed by atoms with Gasteiger partial charge >= 0.3 is 11.7 Å². The van der Waals surface area contributed by atoms with E-state index in [1.165, 1.54) is 24.6 Å². The van der Waals surface area contributed by atoms with Gasteiger partial charge < -0.3 is 9.84 Å². The van der Waals surface area contributed by atoms with Crippen molar-refractivity contribution in [1.29, 1.82) is 0 Å². The molecule has 0 bridgehead atoms. The highest BCUT2D eigenvalue weighted by molar-refractivity contribution is 5.88. The first-order valence-electron chi connectivity index (χ1n) is 9.21. The molecule has 0 heterocycles. The molecule has 0 aliphatic carbocycles. The van der Waals surface area contributed by atoms with Gasteiger partial charge in [0.1, 0.15) is 0 Å². The Morgan fingerprint density at radius 3 is 2.37 bits per heavy atom. The van der Waals surface area contributed by atoms with E-state index in [4.69, 9.17) is 9.84 Å². The van der Waals surface area contributed by atoms with Crippen molar-refractivity contribution in [2.24, 2.45) is 0 Å². The van der Waals surface area contributed by atoms with Crippen LogP contribution in [-0.4, -0.2) is 22.1 Å². The summed E-state index contributed by atoms with van der Waals surface area (Å²) in [6.07, 6.45) is 5.28. The lowest BCUT2D eigenvalue weighted by atomic mass is 10.0. The Morgan fingerprint density at radius 1 is 1.11 bits per heavy atom. The Hall–Kier alpha value is -2.89. The van der Waals surface area contributed by atoms with Crippen molar-refractivity contribution in [1.82, 2.24) is 0 Å². The zero-order valence-electron chi connectivity index (χ0n) is 15.7. The van der Waals surface area contributed by atoms with Crippen LogP contribution in [0.1, 0.15) is 56.3 Å². The number of ether oxygens (including phenoxy) is 1. The van der Waals surface area contributed by atoms with E-state index in [9.17, 15) is 14.9 Å². The molecule has 6 heteroatoms. The van der Waals surface area contributed by atoms with E-state index in [1.807, 2.05) is 6.92 Å². The summed E-state index contributed by atoms with van der Waals surface area (Å²) in [6.45, 7) is 4.08. The summed E-state index contributed by atoms with van der Waals surface area (Å²) < 4.78 is 5.81. The van der Waals surface area contributed by atoms with Gasteiger partial charge in [-0.1, -0.05) is 44.4 Å². The maximum atomic E-state index is 11.5. The fourth-order valence-corrected chi connectivity index (χ4v) is 2.88. The van der Waals surface area contributed by atoms with E-state index < -0.39 is 10.9 Å². The first-order valence-corrected chi connectivity index (χ1v) is 9.21. The molecule has 2 aromatic carbocycles. The van der Waals surface area contributed by atoms with Gasteiger partial charge in [0.2, 0.25) is 0 Å². The summed E-state index contributed by atoms with van der Waals surface area (Å²) in [5.41, 5.74) is 1.43. The van der Waals surface area contributed by atoms with E-state index in [1.54, 1.807) is 24.3 Å². The predicted octanol–water partition coefficient (Wildman–Crippen LogP) is 5.70. The Kier molecular flexibility index (Phi) is 7.34. The zero-order chi connectivity index (χ0) is 19.8. The highest BCUT2D eigenvalue weighted by Crippen LogP contribution is 2.33. The smallest absolute Gasteiger partial charge is 0.335 e. The Balaban J connectivity index is 2.16. The molecular formula is C21H25NO5. The second kappa shape index (κ2) is 9.71. The number of carboxylic acids is 1. The number of nitro groups is 1. The molecular weight excluding hydrogens is 346 g/mol. The van der Waals surface area contributed by atoms with Crippen molar-refractivity contribution in [3.05, 3.63) is 58.1 Å². The van der Waals surface area contributed by atoms with E-state index in [0.717, 1.165) is 25.7 Å². The molecule has 1 atom stereocenters. The number of nitrogens with zero attached hydrogens (tertiary/aromatic N) is 1. The van der Waals surface area contributed by atoms with Crippen molar-refractivity contribution in [3.63, 3.8) is 0 Å². The van der Waals surface area contributed by atoms with Gasteiger partial charge in [-0.15, -0.1) is 0 Å². The van der Waals surface area contributed by atoms with Gasteiger partial charge in [-0.25, -0.2) is 4.79 Å². The van der Waals surface area contributed by atoms with E-state index >= 15 is 0 Å². The molecule has 0 amide bonds. The number of hydrogen-bond donors (Lipinski definition) is 1. The predicted molar refractivity (Wildman–Crippen MR) is 104 cm³/mol. The van der Waals surface area contributed by atoms with Gasteiger partial charge in [-0.05, 0) is 49.1 Å². The highest BCUT2D eigenvalue weighted by Gasteiger charge is 2.19. The fraction of sp³-hybridized carbons (Fsp3) is 0.381. The van der Waals surface area contributed by atoms with Crippen LogP contribution in [0.2, 0.25) is 0 Å². The summed E-state index contributed by atoms with van der Waals surface area (Å²) in [4.78, 5) is 22.0. The number of hydrogen-bond acceptors (Lipinski definition) is 4. The molecule has 0 fully saturated rings. The maximum absolute atomic E-state index is 11.5. The van der Waals surface area contributed by atoms with Crippen molar-refractivity contribution in [2.75, 3.05) is 0 Å². The van der Waals surface area contributed by atoms with Crippen molar-refractivity contribution in [3.8, 4) is 16.9 Å². The minimum Gasteiger partial charge on any atom is -0.484 e. The van der Waals surface area contributed by atoms with Crippen LogP contribution in [0.15, 0.2) is 42.5 Å². The molecule has 0 saturated carbocycles. The average Bonchev–Trinajstić information content (AvgIpc) is 2.65. The minimum absolute atomic E-state index is 0.0878. The Labute approximate surface area is 158 Å². The maximum Gasteiger partial charge on any atom is 0.335 e. The van der Waals surface area contributed by atoms with Gasteiger partial charge in [-0.2, -0.15) is 0 Å². The number of nitro benzene ring substituents is 1. The molecule has 0 saturated heterocycles. The first-order chi connectivity index (χ1) is 12.9. The quantitative estimate of drug-likeness (QED) is 0.329. The van der Waals surface area contributed by atoms with Crippen LogP contribution >= 0.6 is 0 Å². The van der Waals surface area contributed by atoms with E-state index in [2.05, 4.69) is 6.92 Å². The van der Waals surface area contributed by atoms with Crippen molar-refractivity contribution < 1.29 is 19.6 Å². The van der Waals surface area contributed by atoms with Crippen LogP contribution in [0.5, 0.6) is 5.75 Å². The van der Waals surface area contributed by atoms with Crippen LogP contribution < -0.4 is 4.74 Å². The summed E-state index contributed by atoms with van der Waals surface area (Å²) in [7, 11) is 0. The third-order valence-corrected chi connectivity index (χ3v) is 4.41. The van der Waals surface area contributed by atoms with Gasteiger partial charge in [0, 0.05) is 6.07 Å². The van der Waals surface area contributed by atoms with Gasteiger partial charge in [-0.3, -0.25) is 10.1 Å². The van der Waals surface area contributed by atoms with Gasteiger partial charge in [0.05, 0.1) is 16.6 Å². The molecule has 1 N–H and O–H groups in total. The standard InChI is InChI=1S/C21H25NO5/c1-3-4-5-6-7-15(2)27-20-13-12-18(14-19(20)22(25)26)16-8-10-17(11-9-16)21(23)24/h8-15H,3-7H2,1-2H3,(H,23,24). The van der Waals surface area contributed by atoms with Crippen LogP contribution in [0.3, 0.4) is 0 Å². The first kappa shape index (κ1) is 20.4. The summed E-state index contributed by atoms with van der Waals surface area (Å²) in [5.74, 6) is -0.752.